The van der Waals surface area contributed by atoms with E-state index in [1.54, 1.807) is 0 Å². The lowest BCUT2D eigenvalue weighted by atomic mass is 10.1. The van der Waals surface area contributed by atoms with Gasteiger partial charge in [-0.15, -0.1) is 0 Å². The number of ether oxygens (including phenoxy) is 1. The molecule has 1 saturated heterocycles. The Balaban J connectivity index is 1.79. The van der Waals surface area contributed by atoms with E-state index in [1.807, 2.05) is 11.8 Å². The summed E-state index contributed by atoms with van der Waals surface area (Å²) in [5.74, 6) is 1.16. The van der Waals surface area contributed by atoms with Gasteiger partial charge in [0, 0.05) is 32.7 Å². The van der Waals surface area contributed by atoms with Gasteiger partial charge in [-0.3, -0.25) is 4.90 Å². The highest BCUT2D eigenvalue weighted by atomic mass is 32.2. The van der Waals surface area contributed by atoms with E-state index < -0.39 is 0 Å². The highest BCUT2D eigenvalue weighted by Crippen LogP contribution is 2.12. The fourth-order valence-corrected chi connectivity index (χ4v) is 3.15. The molecule has 1 fully saturated rings. The van der Waals surface area contributed by atoms with Gasteiger partial charge < -0.3 is 15.4 Å². The van der Waals surface area contributed by atoms with Crippen LogP contribution in [0, 0.1) is 0 Å². The van der Waals surface area contributed by atoms with Crippen molar-refractivity contribution < 1.29 is 4.74 Å². The highest BCUT2D eigenvalue weighted by Gasteiger charge is 2.12. The van der Waals surface area contributed by atoms with Crippen molar-refractivity contribution in [3.8, 4) is 0 Å². The number of benzene rings is 1. The van der Waals surface area contributed by atoms with Gasteiger partial charge in [-0.2, -0.15) is 11.8 Å². The monoisotopic (exact) mass is 353 g/mol. The minimum absolute atomic E-state index is 0.743. The van der Waals surface area contributed by atoms with Crippen LogP contribution in [0.15, 0.2) is 24.3 Å². The summed E-state index contributed by atoms with van der Waals surface area (Å²) in [6.45, 7) is 6.38. The molecule has 0 radical (unpaired) electrons. The van der Waals surface area contributed by atoms with Gasteiger partial charge in [-0.1, -0.05) is 24.3 Å². The lowest BCUT2D eigenvalue weighted by molar-refractivity contribution is 0.0341. The van der Waals surface area contributed by atoms with Crippen molar-refractivity contribution in [2.75, 3.05) is 44.9 Å². The standard InChI is InChI=1S/C17H27N3OS2/c1-23-12-4-7-18-17(22)19-13-15-5-2-3-6-16(15)14-20-8-10-21-11-9-20/h2-3,5-6H,4,7-14H2,1H3,(H2,18,19,22). The third kappa shape index (κ3) is 7.08. The minimum atomic E-state index is 0.743. The molecule has 0 aliphatic carbocycles. The summed E-state index contributed by atoms with van der Waals surface area (Å²) in [4.78, 5) is 2.45. The van der Waals surface area contributed by atoms with Crippen LogP contribution < -0.4 is 10.6 Å². The molecule has 0 amide bonds. The lowest BCUT2D eigenvalue weighted by Crippen LogP contribution is -2.37. The smallest absolute Gasteiger partial charge is 0.166 e. The Hall–Kier alpha value is -0.820. The Labute approximate surface area is 149 Å². The highest BCUT2D eigenvalue weighted by molar-refractivity contribution is 7.98. The second-order valence-corrected chi connectivity index (χ2v) is 7.01. The Morgan fingerprint density at radius 3 is 2.70 bits per heavy atom. The first-order valence-corrected chi connectivity index (χ1v) is 9.97. The number of nitrogens with one attached hydrogen (secondary N) is 2. The van der Waals surface area contributed by atoms with Crippen molar-refractivity contribution in [2.45, 2.75) is 19.5 Å². The first-order valence-electron chi connectivity index (χ1n) is 8.17. The number of thioether (sulfide) groups is 1. The van der Waals surface area contributed by atoms with Gasteiger partial charge in [0.05, 0.1) is 13.2 Å². The normalized spacial score (nSPS) is 15.3. The summed E-state index contributed by atoms with van der Waals surface area (Å²) in [5, 5.41) is 7.34. The minimum Gasteiger partial charge on any atom is -0.379 e. The summed E-state index contributed by atoms with van der Waals surface area (Å²) < 4.78 is 5.42. The number of nitrogens with zero attached hydrogens (tertiary/aromatic N) is 1. The SMILES string of the molecule is CSCCCNC(=S)NCc1ccccc1CN1CCOCC1. The number of rotatable bonds is 8. The first kappa shape index (κ1) is 18.5. The van der Waals surface area contributed by atoms with Gasteiger partial charge in [0.2, 0.25) is 0 Å². The molecular formula is C17H27N3OS2. The Morgan fingerprint density at radius 1 is 1.22 bits per heavy atom. The Morgan fingerprint density at radius 2 is 1.96 bits per heavy atom. The Bertz CT molecular complexity index is 479. The van der Waals surface area contributed by atoms with Crippen molar-refractivity contribution in [1.82, 2.24) is 15.5 Å². The van der Waals surface area contributed by atoms with Crippen LogP contribution in [0.4, 0.5) is 0 Å². The predicted octanol–water partition coefficient (Wildman–Crippen LogP) is 2.24. The van der Waals surface area contributed by atoms with Crippen LogP contribution in [0.2, 0.25) is 0 Å². The van der Waals surface area contributed by atoms with Gasteiger partial charge in [0.15, 0.2) is 5.11 Å². The molecule has 2 N–H and O–H groups in total. The number of morpholine rings is 1. The summed E-state index contributed by atoms with van der Waals surface area (Å²) >= 11 is 7.22. The van der Waals surface area contributed by atoms with E-state index in [0.717, 1.165) is 63.2 Å². The molecular weight excluding hydrogens is 326 g/mol. The molecule has 0 bridgehead atoms. The molecule has 1 aliphatic heterocycles. The molecule has 0 aromatic heterocycles. The second-order valence-electron chi connectivity index (χ2n) is 5.61. The summed E-state index contributed by atoms with van der Waals surface area (Å²) in [7, 11) is 0. The van der Waals surface area contributed by atoms with Crippen molar-refractivity contribution in [2.24, 2.45) is 0 Å². The van der Waals surface area contributed by atoms with Gasteiger partial charge in [-0.25, -0.2) is 0 Å². The molecule has 1 heterocycles. The van der Waals surface area contributed by atoms with Crippen LogP contribution >= 0.6 is 24.0 Å². The number of thiocarbonyl (C=S) groups is 1. The molecule has 128 valence electrons. The number of hydrogen-bond acceptors (Lipinski definition) is 4. The molecule has 4 nitrogen and oxygen atoms in total. The van der Waals surface area contributed by atoms with Crippen LogP contribution in [0.3, 0.4) is 0 Å². The third-order valence-corrected chi connectivity index (χ3v) is 4.85. The largest absolute Gasteiger partial charge is 0.379 e. The maximum atomic E-state index is 5.42. The van der Waals surface area contributed by atoms with E-state index in [2.05, 4.69) is 46.1 Å². The van der Waals surface area contributed by atoms with Crippen LogP contribution in [-0.2, 0) is 17.8 Å². The van der Waals surface area contributed by atoms with E-state index in [9.17, 15) is 0 Å². The van der Waals surface area contributed by atoms with Gasteiger partial charge in [0.25, 0.3) is 0 Å². The molecule has 0 unspecified atom stereocenters. The molecule has 0 spiro atoms. The molecule has 0 saturated carbocycles. The van der Waals surface area contributed by atoms with Gasteiger partial charge in [0.1, 0.15) is 0 Å². The van der Waals surface area contributed by atoms with Gasteiger partial charge in [-0.05, 0) is 41.8 Å². The summed E-state index contributed by atoms with van der Waals surface area (Å²) in [6.07, 6.45) is 3.26. The molecule has 1 aliphatic rings. The van der Waals surface area contributed by atoms with E-state index in [1.165, 1.54) is 11.1 Å². The average Bonchev–Trinajstić information content (AvgIpc) is 2.59. The summed E-state index contributed by atoms with van der Waals surface area (Å²) in [6, 6.07) is 8.59. The maximum absolute atomic E-state index is 5.42. The molecule has 2 rings (SSSR count). The van der Waals surface area contributed by atoms with Crippen molar-refractivity contribution in [3.05, 3.63) is 35.4 Å². The zero-order valence-corrected chi connectivity index (χ0v) is 15.5. The quantitative estimate of drug-likeness (QED) is 0.551. The topological polar surface area (TPSA) is 36.5 Å². The third-order valence-electron chi connectivity index (χ3n) is 3.87. The summed E-state index contributed by atoms with van der Waals surface area (Å²) in [5.41, 5.74) is 2.68. The first-order chi connectivity index (χ1) is 11.3. The number of hydrogen-bond donors (Lipinski definition) is 2. The van der Waals surface area contributed by atoms with E-state index in [-0.39, 0.29) is 0 Å². The zero-order chi connectivity index (χ0) is 16.3. The zero-order valence-electron chi connectivity index (χ0n) is 13.8. The predicted molar refractivity (Wildman–Crippen MR) is 103 cm³/mol. The van der Waals surface area contributed by atoms with E-state index >= 15 is 0 Å². The molecule has 23 heavy (non-hydrogen) atoms. The van der Waals surface area contributed by atoms with E-state index in [4.69, 9.17) is 17.0 Å². The van der Waals surface area contributed by atoms with Gasteiger partial charge >= 0.3 is 0 Å². The molecule has 1 aromatic carbocycles. The second kappa shape index (κ2) is 10.9. The fraction of sp³-hybridized carbons (Fsp3) is 0.588. The maximum Gasteiger partial charge on any atom is 0.166 e. The van der Waals surface area contributed by atoms with Crippen LogP contribution in [-0.4, -0.2) is 54.9 Å². The van der Waals surface area contributed by atoms with Crippen LogP contribution in [0.1, 0.15) is 17.5 Å². The van der Waals surface area contributed by atoms with Crippen molar-refractivity contribution in [3.63, 3.8) is 0 Å². The molecule has 1 aromatic rings. The van der Waals surface area contributed by atoms with E-state index in [0.29, 0.717) is 0 Å². The van der Waals surface area contributed by atoms with Crippen LogP contribution in [0.5, 0.6) is 0 Å². The molecule has 6 heteroatoms. The van der Waals surface area contributed by atoms with Crippen molar-refractivity contribution >= 4 is 29.1 Å². The Kier molecular flexibility index (Phi) is 8.74. The lowest BCUT2D eigenvalue weighted by Gasteiger charge is -2.27. The van der Waals surface area contributed by atoms with Crippen LogP contribution in [0.25, 0.3) is 0 Å². The average molecular weight is 354 g/mol. The fourth-order valence-electron chi connectivity index (χ4n) is 2.54. The molecule has 0 atom stereocenters. The van der Waals surface area contributed by atoms with Crippen molar-refractivity contribution in [1.29, 1.82) is 0 Å².